The van der Waals surface area contributed by atoms with Crippen LogP contribution in [-0.2, 0) is 0 Å². The van der Waals surface area contributed by atoms with Crippen LogP contribution >= 0.6 is 0 Å². The summed E-state index contributed by atoms with van der Waals surface area (Å²) in [6, 6.07) is 2.48. The van der Waals surface area contributed by atoms with E-state index >= 15 is 0 Å². The molecule has 2 aliphatic carbocycles. The summed E-state index contributed by atoms with van der Waals surface area (Å²) in [5.41, 5.74) is 0. The van der Waals surface area contributed by atoms with Gasteiger partial charge in [-0.25, -0.2) is 0 Å². The molecule has 0 spiro atoms. The molecule has 0 bridgehead atoms. The molecule has 0 aromatic carbocycles. The average Bonchev–Trinajstić information content (AvgIpc) is 3.26. The molecule has 2 heteroatoms. The largest absolute Gasteiger partial charge is 0.314 e. The molecule has 0 aromatic heterocycles. The second-order valence-electron chi connectivity index (χ2n) is 7.35. The predicted molar refractivity (Wildman–Crippen MR) is 81.3 cm³/mol. The van der Waals surface area contributed by atoms with Crippen LogP contribution < -0.4 is 5.32 Å². The van der Waals surface area contributed by atoms with Crippen molar-refractivity contribution in [3.8, 4) is 0 Å². The van der Waals surface area contributed by atoms with Crippen LogP contribution in [-0.4, -0.2) is 36.1 Å². The molecule has 1 aliphatic heterocycles. The number of piperidine rings is 1. The van der Waals surface area contributed by atoms with E-state index in [1.165, 1.54) is 51.6 Å². The van der Waals surface area contributed by atoms with Gasteiger partial charge in [-0.05, 0) is 69.7 Å². The first-order valence-electron chi connectivity index (χ1n) is 8.71. The Morgan fingerprint density at radius 3 is 2.21 bits per heavy atom. The lowest BCUT2D eigenvalue weighted by atomic mass is 9.84. The summed E-state index contributed by atoms with van der Waals surface area (Å²) in [4.78, 5) is 2.91. The standard InChI is InChI=1S/C17H32N2/c1-4-10-18-16-9-11-19(13(3)12(16)2)17(14-5-6-14)15-7-8-15/h12-18H,4-11H2,1-3H3. The maximum Gasteiger partial charge on any atom is 0.0155 e. The van der Waals surface area contributed by atoms with Crippen molar-refractivity contribution in [2.45, 2.75) is 77.4 Å². The van der Waals surface area contributed by atoms with Gasteiger partial charge in [0.1, 0.15) is 0 Å². The van der Waals surface area contributed by atoms with E-state index in [4.69, 9.17) is 0 Å². The second kappa shape index (κ2) is 5.73. The Kier molecular flexibility index (Phi) is 4.19. The van der Waals surface area contributed by atoms with Crippen molar-refractivity contribution in [1.82, 2.24) is 10.2 Å². The van der Waals surface area contributed by atoms with Crippen LogP contribution in [0.1, 0.15) is 59.3 Å². The predicted octanol–water partition coefficient (Wildman–Crippen LogP) is 3.27. The summed E-state index contributed by atoms with van der Waals surface area (Å²) in [6.07, 6.45) is 8.66. The Labute approximate surface area is 119 Å². The smallest absolute Gasteiger partial charge is 0.0155 e. The molecule has 0 radical (unpaired) electrons. The molecule has 3 rings (SSSR count). The topological polar surface area (TPSA) is 15.3 Å². The van der Waals surface area contributed by atoms with E-state index in [-0.39, 0.29) is 0 Å². The van der Waals surface area contributed by atoms with Gasteiger partial charge < -0.3 is 5.32 Å². The molecule has 110 valence electrons. The summed E-state index contributed by atoms with van der Waals surface area (Å²) in [5, 5.41) is 3.77. The first-order chi connectivity index (χ1) is 9.22. The third-order valence-electron chi connectivity index (χ3n) is 5.87. The van der Waals surface area contributed by atoms with Crippen LogP contribution in [0.25, 0.3) is 0 Å². The normalized spacial score (nSPS) is 36.9. The van der Waals surface area contributed by atoms with Crippen molar-refractivity contribution in [3.05, 3.63) is 0 Å². The second-order valence-corrected chi connectivity index (χ2v) is 7.35. The molecule has 1 saturated heterocycles. The molecule has 2 saturated carbocycles. The fourth-order valence-corrected chi connectivity index (χ4v) is 4.23. The lowest BCUT2D eigenvalue weighted by Gasteiger charge is -2.47. The van der Waals surface area contributed by atoms with Gasteiger partial charge >= 0.3 is 0 Å². The molecule has 0 amide bonds. The molecular formula is C17H32N2. The Morgan fingerprint density at radius 2 is 1.68 bits per heavy atom. The minimum atomic E-state index is 0.755. The summed E-state index contributed by atoms with van der Waals surface area (Å²) >= 11 is 0. The Morgan fingerprint density at radius 1 is 1.05 bits per heavy atom. The lowest BCUT2D eigenvalue weighted by molar-refractivity contribution is 0.0291. The van der Waals surface area contributed by atoms with Crippen molar-refractivity contribution in [1.29, 1.82) is 0 Å². The minimum Gasteiger partial charge on any atom is -0.314 e. The quantitative estimate of drug-likeness (QED) is 0.792. The van der Waals surface area contributed by atoms with Crippen molar-refractivity contribution in [2.24, 2.45) is 17.8 Å². The highest BCUT2D eigenvalue weighted by Crippen LogP contribution is 2.48. The van der Waals surface area contributed by atoms with Crippen molar-refractivity contribution < 1.29 is 0 Å². The number of hydrogen-bond acceptors (Lipinski definition) is 2. The molecule has 3 fully saturated rings. The number of nitrogens with zero attached hydrogens (tertiary/aromatic N) is 1. The first kappa shape index (κ1) is 13.9. The molecule has 1 N–H and O–H groups in total. The number of nitrogens with one attached hydrogen (secondary N) is 1. The summed E-state index contributed by atoms with van der Waals surface area (Å²) in [6.45, 7) is 9.76. The van der Waals surface area contributed by atoms with Gasteiger partial charge in [0.05, 0.1) is 0 Å². The van der Waals surface area contributed by atoms with Crippen molar-refractivity contribution in [2.75, 3.05) is 13.1 Å². The molecule has 3 unspecified atom stereocenters. The molecule has 3 atom stereocenters. The van der Waals surface area contributed by atoms with E-state index < -0.39 is 0 Å². The van der Waals surface area contributed by atoms with Crippen LogP contribution in [0.4, 0.5) is 0 Å². The van der Waals surface area contributed by atoms with Gasteiger partial charge in [-0.15, -0.1) is 0 Å². The van der Waals surface area contributed by atoms with E-state index in [0.29, 0.717) is 0 Å². The third-order valence-corrected chi connectivity index (χ3v) is 5.87. The third kappa shape index (κ3) is 3.00. The highest BCUT2D eigenvalue weighted by molar-refractivity contribution is 5.02. The lowest BCUT2D eigenvalue weighted by Crippen LogP contribution is -2.57. The summed E-state index contributed by atoms with van der Waals surface area (Å²) in [5.74, 6) is 2.92. The molecule has 19 heavy (non-hydrogen) atoms. The molecule has 3 aliphatic rings. The molecule has 1 heterocycles. The number of likely N-dealkylation sites (tertiary alicyclic amines) is 1. The van der Waals surface area contributed by atoms with E-state index in [1.807, 2.05) is 0 Å². The Balaban J connectivity index is 1.61. The van der Waals surface area contributed by atoms with E-state index in [9.17, 15) is 0 Å². The van der Waals surface area contributed by atoms with Gasteiger partial charge in [-0.1, -0.05) is 13.8 Å². The SMILES string of the molecule is CCCNC1CCN(C(C2CC2)C2CC2)C(C)C1C. The van der Waals surface area contributed by atoms with Gasteiger partial charge in [0, 0.05) is 24.7 Å². The molecular weight excluding hydrogens is 232 g/mol. The van der Waals surface area contributed by atoms with Crippen LogP contribution in [0.5, 0.6) is 0 Å². The highest BCUT2D eigenvalue weighted by Gasteiger charge is 2.47. The van der Waals surface area contributed by atoms with E-state index in [1.54, 1.807) is 0 Å². The van der Waals surface area contributed by atoms with E-state index in [2.05, 4.69) is 31.0 Å². The minimum absolute atomic E-state index is 0.755. The monoisotopic (exact) mass is 264 g/mol. The van der Waals surface area contributed by atoms with Crippen LogP contribution in [0, 0.1) is 17.8 Å². The van der Waals surface area contributed by atoms with Gasteiger partial charge in [0.15, 0.2) is 0 Å². The molecule has 0 aromatic rings. The Hall–Kier alpha value is -0.0800. The van der Waals surface area contributed by atoms with Crippen molar-refractivity contribution >= 4 is 0 Å². The zero-order valence-electron chi connectivity index (χ0n) is 13.1. The highest BCUT2D eigenvalue weighted by atomic mass is 15.2. The zero-order valence-corrected chi connectivity index (χ0v) is 13.1. The fourth-order valence-electron chi connectivity index (χ4n) is 4.23. The maximum atomic E-state index is 3.77. The maximum absolute atomic E-state index is 3.77. The fraction of sp³-hybridized carbons (Fsp3) is 1.00. The summed E-state index contributed by atoms with van der Waals surface area (Å²) < 4.78 is 0. The van der Waals surface area contributed by atoms with Crippen LogP contribution in [0.3, 0.4) is 0 Å². The van der Waals surface area contributed by atoms with Gasteiger partial charge in [-0.2, -0.15) is 0 Å². The van der Waals surface area contributed by atoms with Crippen LogP contribution in [0.2, 0.25) is 0 Å². The molecule has 2 nitrogen and oxygen atoms in total. The first-order valence-corrected chi connectivity index (χ1v) is 8.71. The summed E-state index contributed by atoms with van der Waals surface area (Å²) in [7, 11) is 0. The average molecular weight is 264 g/mol. The number of rotatable bonds is 6. The van der Waals surface area contributed by atoms with Gasteiger partial charge in [0.2, 0.25) is 0 Å². The van der Waals surface area contributed by atoms with E-state index in [0.717, 1.165) is 35.9 Å². The van der Waals surface area contributed by atoms with Crippen LogP contribution in [0.15, 0.2) is 0 Å². The van der Waals surface area contributed by atoms with Crippen molar-refractivity contribution in [3.63, 3.8) is 0 Å². The number of hydrogen-bond donors (Lipinski definition) is 1. The van der Waals surface area contributed by atoms with Gasteiger partial charge in [0.25, 0.3) is 0 Å². The zero-order chi connectivity index (χ0) is 13.4. The van der Waals surface area contributed by atoms with Gasteiger partial charge in [-0.3, -0.25) is 4.90 Å². The Bertz CT molecular complexity index is 284.